The second-order valence-corrected chi connectivity index (χ2v) is 10.7. The third kappa shape index (κ3) is 3.75. The Hall–Kier alpha value is -4.40. The summed E-state index contributed by atoms with van der Waals surface area (Å²) in [4.78, 5) is 2.35. The number of para-hydroxylation sites is 2. The second-order valence-electron chi connectivity index (χ2n) is 9.88. The molecule has 0 aromatic heterocycles. The number of benzene rings is 6. The smallest absolute Gasteiger partial charge is 0.0725 e. The van der Waals surface area contributed by atoms with Crippen LogP contribution in [0.3, 0.4) is 0 Å². The fourth-order valence-electron chi connectivity index (χ4n) is 6.22. The Balaban J connectivity index is 1.57. The largest absolute Gasteiger partial charge is 0.310 e. The number of halogens is 1. The Kier molecular flexibility index (Phi) is 5.91. The number of rotatable bonds is 5. The molecule has 2 heteroatoms. The van der Waals surface area contributed by atoms with Crippen molar-refractivity contribution in [1.82, 2.24) is 0 Å². The lowest BCUT2D eigenvalue weighted by Gasteiger charge is -2.35. The molecule has 0 spiro atoms. The van der Waals surface area contributed by atoms with E-state index in [0.29, 0.717) is 0 Å². The fourth-order valence-corrected chi connectivity index (χ4v) is 6.80. The molecule has 1 aliphatic rings. The van der Waals surface area contributed by atoms with Gasteiger partial charge < -0.3 is 4.90 Å². The maximum atomic E-state index is 3.95. The van der Waals surface area contributed by atoms with Gasteiger partial charge in [0.05, 0.1) is 5.41 Å². The molecule has 0 fully saturated rings. The molecule has 186 valence electrons. The van der Waals surface area contributed by atoms with E-state index in [1.165, 1.54) is 33.4 Å². The Labute approximate surface area is 238 Å². The minimum atomic E-state index is -0.470. The van der Waals surface area contributed by atoms with Crippen LogP contribution in [0.15, 0.2) is 162 Å². The molecule has 0 aliphatic heterocycles. The van der Waals surface area contributed by atoms with Crippen LogP contribution in [0, 0.1) is 0 Å². The third-order valence-electron chi connectivity index (χ3n) is 7.80. The molecule has 0 unspecified atom stereocenters. The van der Waals surface area contributed by atoms with Crippen LogP contribution in [0.4, 0.5) is 17.1 Å². The SMILES string of the molecule is Brc1ccccc1[C@]1(c2ccccc2)c2ccccc2-c2ccc(N(c3ccccc3)c3ccccc3)cc21. The highest BCUT2D eigenvalue weighted by molar-refractivity contribution is 9.10. The van der Waals surface area contributed by atoms with Crippen molar-refractivity contribution in [2.45, 2.75) is 5.41 Å². The van der Waals surface area contributed by atoms with E-state index >= 15 is 0 Å². The van der Waals surface area contributed by atoms with Crippen molar-refractivity contribution < 1.29 is 0 Å². The van der Waals surface area contributed by atoms with Crippen LogP contribution in [-0.2, 0) is 5.41 Å². The molecule has 7 rings (SSSR count). The van der Waals surface area contributed by atoms with Crippen molar-refractivity contribution in [3.05, 3.63) is 184 Å². The van der Waals surface area contributed by atoms with Crippen LogP contribution in [0.25, 0.3) is 11.1 Å². The normalized spacial score (nSPS) is 15.4. The van der Waals surface area contributed by atoms with Crippen LogP contribution >= 0.6 is 15.9 Å². The lowest BCUT2D eigenvalue weighted by Crippen LogP contribution is -2.29. The van der Waals surface area contributed by atoms with Crippen LogP contribution < -0.4 is 4.90 Å². The lowest BCUT2D eigenvalue weighted by molar-refractivity contribution is 0.764. The van der Waals surface area contributed by atoms with E-state index in [9.17, 15) is 0 Å². The molecule has 39 heavy (non-hydrogen) atoms. The topological polar surface area (TPSA) is 3.24 Å². The molecule has 1 aliphatic carbocycles. The zero-order valence-electron chi connectivity index (χ0n) is 21.3. The zero-order chi connectivity index (χ0) is 26.2. The van der Waals surface area contributed by atoms with Gasteiger partial charge in [0.25, 0.3) is 0 Å². The van der Waals surface area contributed by atoms with E-state index in [4.69, 9.17) is 0 Å². The summed E-state index contributed by atoms with van der Waals surface area (Å²) in [5.74, 6) is 0. The first kappa shape index (κ1) is 23.7. The summed E-state index contributed by atoms with van der Waals surface area (Å²) in [7, 11) is 0. The summed E-state index contributed by atoms with van der Waals surface area (Å²) < 4.78 is 1.10. The van der Waals surface area contributed by atoms with Gasteiger partial charge in [-0.05, 0) is 75.8 Å². The maximum Gasteiger partial charge on any atom is 0.0725 e. The van der Waals surface area contributed by atoms with Gasteiger partial charge >= 0.3 is 0 Å². The number of nitrogens with zero attached hydrogens (tertiary/aromatic N) is 1. The third-order valence-corrected chi connectivity index (χ3v) is 8.49. The highest BCUT2D eigenvalue weighted by Crippen LogP contribution is 2.58. The van der Waals surface area contributed by atoms with E-state index in [-0.39, 0.29) is 0 Å². The molecule has 1 atom stereocenters. The molecular formula is C37H26BrN. The van der Waals surface area contributed by atoms with Gasteiger partial charge in [0.15, 0.2) is 0 Å². The minimum absolute atomic E-state index is 0.470. The van der Waals surface area contributed by atoms with Gasteiger partial charge in [0, 0.05) is 21.5 Å². The van der Waals surface area contributed by atoms with Crippen molar-refractivity contribution >= 4 is 33.0 Å². The summed E-state index contributed by atoms with van der Waals surface area (Å²) in [6.45, 7) is 0. The quantitative estimate of drug-likeness (QED) is 0.201. The molecule has 6 aromatic carbocycles. The van der Waals surface area contributed by atoms with Crippen molar-refractivity contribution in [3.63, 3.8) is 0 Å². The van der Waals surface area contributed by atoms with Gasteiger partial charge in [-0.1, -0.05) is 131 Å². The molecule has 0 amide bonds. The van der Waals surface area contributed by atoms with Crippen molar-refractivity contribution in [1.29, 1.82) is 0 Å². The molecule has 6 aromatic rings. The predicted molar refractivity (Wildman–Crippen MR) is 166 cm³/mol. The van der Waals surface area contributed by atoms with E-state index in [2.05, 4.69) is 179 Å². The van der Waals surface area contributed by atoms with Crippen molar-refractivity contribution in [3.8, 4) is 11.1 Å². The van der Waals surface area contributed by atoms with Gasteiger partial charge in [-0.25, -0.2) is 0 Å². The summed E-state index contributed by atoms with van der Waals surface area (Å²) >= 11 is 3.95. The molecular weight excluding hydrogens is 538 g/mol. The first-order valence-corrected chi connectivity index (χ1v) is 14.0. The molecule has 0 saturated carbocycles. The molecule has 0 bridgehead atoms. The fraction of sp³-hybridized carbons (Fsp3) is 0.0270. The molecule has 0 saturated heterocycles. The highest BCUT2D eigenvalue weighted by atomic mass is 79.9. The number of hydrogen-bond donors (Lipinski definition) is 0. The maximum absolute atomic E-state index is 3.95. The standard InChI is InChI=1S/C37H26BrN/c38-36-23-13-12-22-34(36)37(27-14-4-1-5-15-27)33-21-11-10-20-31(33)32-25-24-30(26-35(32)37)39(28-16-6-2-7-17-28)29-18-8-3-9-19-29/h1-26H/t37-/m0/s1. The molecule has 0 heterocycles. The number of hydrogen-bond acceptors (Lipinski definition) is 1. The Morgan fingerprint density at radius 3 is 1.56 bits per heavy atom. The van der Waals surface area contributed by atoms with Crippen molar-refractivity contribution in [2.75, 3.05) is 4.90 Å². The van der Waals surface area contributed by atoms with E-state index in [0.717, 1.165) is 21.5 Å². The predicted octanol–water partition coefficient (Wildman–Crippen LogP) is 10.3. The lowest BCUT2D eigenvalue weighted by atomic mass is 9.67. The highest BCUT2D eigenvalue weighted by Gasteiger charge is 2.47. The average molecular weight is 565 g/mol. The molecule has 0 N–H and O–H groups in total. The summed E-state index contributed by atoms with van der Waals surface area (Å²) in [6.07, 6.45) is 0. The molecule has 0 radical (unpaired) electrons. The van der Waals surface area contributed by atoms with Gasteiger partial charge in [0.2, 0.25) is 0 Å². The first-order chi connectivity index (χ1) is 19.3. The van der Waals surface area contributed by atoms with Gasteiger partial charge in [-0.15, -0.1) is 0 Å². The summed E-state index contributed by atoms with van der Waals surface area (Å²) in [5, 5.41) is 0. The van der Waals surface area contributed by atoms with E-state index in [1.54, 1.807) is 0 Å². The van der Waals surface area contributed by atoms with E-state index in [1.807, 2.05) is 0 Å². The number of anilines is 3. The van der Waals surface area contributed by atoms with E-state index < -0.39 is 5.41 Å². The monoisotopic (exact) mass is 563 g/mol. The van der Waals surface area contributed by atoms with Gasteiger partial charge in [-0.3, -0.25) is 0 Å². The Morgan fingerprint density at radius 1 is 0.410 bits per heavy atom. The minimum Gasteiger partial charge on any atom is -0.310 e. The Bertz CT molecular complexity index is 1720. The van der Waals surface area contributed by atoms with Gasteiger partial charge in [-0.2, -0.15) is 0 Å². The molecule has 1 nitrogen and oxygen atoms in total. The van der Waals surface area contributed by atoms with Crippen LogP contribution in [0.2, 0.25) is 0 Å². The Morgan fingerprint density at radius 2 is 0.923 bits per heavy atom. The zero-order valence-corrected chi connectivity index (χ0v) is 22.9. The number of fused-ring (bicyclic) bond motifs is 3. The summed E-state index contributed by atoms with van der Waals surface area (Å²) in [5.41, 5.74) is 10.6. The van der Waals surface area contributed by atoms with Gasteiger partial charge in [0.1, 0.15) is 0 Å². The first-order valence-electron chi connectivity index (χ1n) is 13.2. The summed E-state index contributed by atoms with van der Waals surface area (Å²) in [6, 6.07) is 56.7. The van der Waals surface area contributed by atoms with Crippen LogP contribution in [0.1, 0.15) is 22.3 Å². The average Bonchev–Trinajstić information content (AvgIpc) is 3.30. The second kappa shape index (κ2) is 9.72. The van der Waals surface area contributed by atoms with Crippen molar-refractivity contribution in [2.24, 2.45) is 0 Å². The van der Waals surface area contributed by atoms with Crippen LogP contribution in [0.5, 0.6) is 0 Å². The van der Waals surface area contributed by atoms with Crippen LogP contribution in [-0.4, -0.2) is 0 Å².